The third-order valence-corrected chi connectivity index (χ3v) is 3.28. The third-order valence-electron chi connectivity index (χ3n) is 3.28. The Kier molecular flexibility index (Phi) is 3.48. The van der Waals surface area contributed by atoms with Gasteiger partial charge in [0.15, 0.2) is 5.82 Å². The number of hydrogen-bond donors (Lipinski definition) is 0. The van der Waals surface area contributed by atoms with Gasteiger partial charge in [0.25, 0.3) is 0 Å². The number of rotatable bonds is 6. The molecule has 0 atom stereocenters. The molecule has 19 heavy (non-hydrogen) atoms. The van der Waals surface area contributed by atoms with Gasteiger partial charge < -0.3 is 14.0 Å². The molecule has 1 fully saturated rings. The van der Waals surface area contributed by atoms with Gasteiger partial charge in [0.2, 0.25) is 6.29 Å². The van der Waals surface area contributed by atoms with Gasteiger partial charge in [-0.05, 0) is 32.8 Å². The van der Waals surface area contributed by atoms with Crippen molar-refractivity contribution in [1.29, 1.82) is 0 Å². The van der Waals surface area contributed by atoms with Crippen LogP contribution in [-0.2, 0) is 9.47 Å². The molecule has 0 spiro atoms. The van der Waals surface area contributed by atoms with Crippen molar-refractivity contribution < 1.29 is 9.47 Å². The van der Waals surface area contributed by atoms with Crippen LogP contribution in [-0.4, -0.2) is 27.7 Å². The van der Waals surface area contributed by atoms with Crippen molar-refractivity contribution in [3.63, 3.8) is 0 Å². The molecule has 0 bridgehead atoms. The SMILES string of the molecule is CCOC(OCC)c1nc2cnccc2n1C1CC1. The molecule has 0 saturated heterocycles. The van der Waals surface area contributed by atoms with Gasteiger partial charge in [0.1, 0.15) is 5.52 Å². The molecule has 3 rings (SSSR count). The van der Waals surface area contributed by atoms with Crippen molar-refractivity contribution in [3.05, 3.63) is 24.3 Å². The molecule has 2 aromatic heterocycles. The van der Waals surface area contributed by atoms with Gasteiger partial charge in [0.05, 0.1) is 11.7 Å². The summed E-state index contributed by atoms with van der Waals surface area (Å²) >= 11 is 0. The van der Waals surface area contributed by atoms with Crippen LogP contribution in [0.15, 0.2) is 18.5 Å². The monoisotopic (exact) mass is 261 g/mol. The maximum Gasteiger partial charge on any atom is 0.217 e. The van der Waals surface area contributed by atoms with Crippen LogP contribution in [0.5, 0.6) is 0 Å². The summed E-state index contributed by atoms with van der Waals surface area (Å²) in [4.78, 5) is 8.80. The zero-order valence-electron chi connectivity index (χ0n) is 11.4. The Balaban J connectivity index is 2.07. The highest BCUT2D eigenvalue weighted by Crippen LogP contribution is 2.40. The maximum absolute atomic E-state index is 5.69. The average molecular weight is 261 g/mol. The van der Waals surface area contributed by atoms with E-state index in [0.717, 1.165) is 16.9 Å². The first-order valence-electron chi connectivity index (χ1n) is 6.90. The van der Waals surface area contributed by atoms with Crippen LogP contribution < -0.4 is 0 Å². The van der Waals surface area contributed by atoms with Crippen LogP contribution >= 0.6 is 0 Å². The van der Waals surface area contributed by atoms with Crippen molar-refractivity contribution in [2.75, 3.05) is 13.2 Å². The summed E-state index contributed by atoms with van der Waals surface area (Å²) in [6, 6.07) is 2.55. The van der Waals surface area contributed by atoms with Crippen molar-refractivity contribution in [2.24, 2.45) is 0 Å². The minimum atomic E-state index is -0.386. The zero-order chi connectivity index (χ0) is 13.2. The van der Waals surface area contributed by atoms with Gasteiger partial charge in [-0.25, -0.2) is 4.98 Å². The molecule has 2 heterocycles. The Bertz CT molecular complexity index is 557. The molecule has 0 radical (unpaired) electrons. The molecule has 1 saturated carbocycles. The Labute approximate surface area is 112 Å². The lowest BCUT2D eigenvalue weighted by atomic mass is 10.4. The van der Waals surface area contributed by atoms with E-state index < -0.39 is 0 Å². The number of fused-ring (bicyclic) bond motifs is 1. The van der Waals surface area contributed by atoms with E-state index in [1.165, 1.54) is 12.8 Å². The van der Waals surface area contributed by atoms with Crippen LogP contribution in [0.3, 0.4) is 0 Å². The van der Waals surface area contributed by atoms with E-state index in [4.69, 9.17) is 9.47 Å². The highest BCUT2D eigenvalue weighted by molar-refractivity contribution is 5.75. The fourth-order valence-electron chi connectivity index (χ4n) is 2.35. The molecule has 5 nitrogen and oxygen atoms in total. The minimum Gasteiger partial charge on any atom is -0.346 e. The molecule has 5 heteroatoms. The second-order valence-electron chi connectivity index (χ2n) is 4.68. The largest absolute Gasteiger partial charge is 0.346 e. The molecular formula is C14H19N3O2. The highest BCUT2D eigenvalue weighted by Gasteiger charge is 2.31. The van der Waals surface area contributed by atoms with E-state index in [1.807, 2.05) is 26.1 Å². The first-order valence-corrected chi connectivity index (χ1v) is 6.90. The Morgan fingerprint density at radius 2 is 2.05 bits per heavy atom. The van der Waals surface area contributed by atoms with E-state index in [-0.39, 0.29) is 6.29 Å². The normalized spacial score (nSPS) is 15.5. The van der Waals surface area contributed by atoms with Crippen LogP contribution in [0.1, 0.15) is 44.8 Å². The lowest BCUT2D eigenvalue weighted by Crippen LogP contribution is -2.15. The molecule has 0 aliphatic heterocycles. The lowest BCUT2D eigenvalue weighted by Gasteiger charge is -2.18. The number of nitrogens with zero attached hydrogens (tertiary/aromatic N) is 3. The predicted molar refractivity (Wildman–Crippen MR) is 71.8 cm³/mol. The Hall–Kier alpha value is -1.46. The fourth-order valence-corrected chi connectivity index (χ4v) is 2.35. The van der Waals surface area contributed by atoms with Crippen molar-refractivity contribution in [3.8, 4) is 0 Å². The first kappa shape index (κ1) is 12.6. The minimum absolute atomic E-state index is 0.386. The van der Waals surface area contributed by atoms with E-state index in [1.54, 1.807) is 6.20 Å². The van der Waals surface area contributed by atoms with E-state index in [2.05, 4.69) is 14.5 Å². The molecule has 1 aliphatic carbocycles. The summed E-state index contributed by atoms with van der Waals surface area (Å²) in [5.74, 6) is 0.870. The third kappa shape index (κ3) is 2.35. The number of aromatic nitrogens is 3. The van der Waals surface area contributed by atoms with Crippen LogP contribution in [0.25, 0.3) is 11.0 Å². The highest BCUT2D eigenvalue weighted by atomic mass is 16.7. The average Bonchev–Trinajstić information content (AvgIpc) is 3.18. The van der Waals surface area contributed by atoms with Gasteiger partial charge in [0, 0.05) is 25.5 Å². The second-order valence-corrected chi connectivity index (χ2v) is 4.68. The molecule has 102 valence electrons. The summed E-state index contributed by atoms with van der Waals surface area (Å²) in [5, 5.41) is 0. The standard InChI is InChI=1S/C14H19N3O2/c1-3-18-14(19-4-2)13-16-11-9-15-8-7-12(11)17(13)10-5-6-10/h7-10,14H,3-6H2,1-2H3. The molecule has 0 N–H and O–H groups in total. The molecule has 0 unspecified atom stereocenters. The second kappa shape index (κ2) is 5.27. The van der Waals surface area contributed by atoms with Crippen LogP contribution in [0, 0.1) is 0 Å². The van der Waals surface area contributed by atoms with Crippen molar-refractivity contribution in [1.82, 2.24) is 14.5 Å². The summed E-state index contributed by atoms with van der Waals surface area (Å²) in [7, 11) is 0. The van der Waals surface area contributed by atoms with Crippen molar-refractivity contribution in [2.45, 2.75) is 39.0 Å². The van der Waals surface area contributed by atoms with Gasteiger partial charge in [-0.15, -0.1) is 0 Å². The summed E-state index contributed by atoms with van der Waals surface area (Å²) < 4.78 is 13.6. The maximum atomic E-state index is 5.69. The number of pyridine rings is 1. The molecular weight excluding hydrogens is 242 g/mol. The first-order chi connectivity index (χ1) is 9.35. The number of ether oxygens (including phenoxy) is 2. The molecule has 0 aromatic carbocycles. The molecule has 2 aromatic rings. The topological polar surface area (TPSA) is 49.2 Å². The van der Waals surface area contributed by atoms with Gasteiger partial charge in [-0.1, -0.05) is 0 Å². The van der Waals surface area contributed by atoms with Crippen LogP contribution in [0.4, 0.5) is 0 Å². The zero-order valence-corrected chi connectivity index (χ0v) is 11.4. The summed E-state index contributed by atoms with van der Waals surface area (Å²) in [6.45, 7) is 5.16. The van der Waals surface area contributed by atoms with Gasteiger partial charge >= 0.3 is 0 Å². The smallest absolute Gasteiger partial charge is 0.217 e. The van der Waals surface area contributed by atoms with E-state index >= 15 is 0 Å². The summed E-state index contributed by atoms with van der Waals surface area (Å²) in [5.41, 5.74) is 2.03. The van der Waals surface area contributed by atoms with Gasteiger partial charge in [-0.2, -0.15) is 0 Å². The Morgan fingerprint density at radius 1 is 1.32 bits per heavy atom. The Morgan fingerprint density at radius 3 is 2.68 bits per heavy atom. The van der Waals surface area contributed by atoms with Gasteiger partial charge in [-0.3, -0.25) is 4.98 Å². The van der Waals surface area contributed by atoms with Crippen LogP contribution in [0.2, 0.25) is 0 Å². The van der Waals surface area contributed by atoms with E-state index in [9.17, 15) is 0 Å². The number of hydrogen-bond acceptors (Lipinski definition) is 4. The number of imidazole rings is 1. The molecule has 1 aliphatic rings. The lowest BCUT2D eigenvalue weighted by molar-refractivity contribution is -0.146. The van der Waals surface area contributed by atoms with E-state index in [0.29, 0.717) is 19.3 Å². The summed E-state index contributed by atoms with van der Waals surface area (Å²) in [6.07, 6.45) is 5.62. The fraction of sp³-hybridized carbons (Fsp3) is 0.571. The molecule has 0 amide bonds. The quantitative estimate of drug-likeness (QED) is 0.750. The van der Waals surface area contributed by atoms with Crippen molar-refractivity contribution >= 4 is 11.0 Å². The predicted octanol–water partition coefficient (Wildman–Crippen LogP) is 2.84.